The van der Waals surface area contributed by atoms with Crippen molar-refractivity contribution in [2.24, 2.45) is 0 Å². The van der Waals surface area contributed by atoms with Crippen molar-refractivity contribution in [3.63, 3.8) is 0 Å². The van der Waals surface area contributed by atoms with Crippen LogP contribution in [0.5, 0.6) is 0 Å². The van der Waals surface area contributed by atoms with Gasteiger partial charge in [0.2, 0.25) is 0 Å². The average molecular weight is 296 g/mol. The third-order valence-corrected chi connectivity index (χ3v) is 4.41. The maximum absolute atomic E-state index is 12.5. The van der Waals surface area contributed by atoms with Gasteiger partial charge in [-0.25, -0.2) is 0 Å². The third kappa shape index (κ3) is 3.81. The summed E-state index contributed by atoms with van der Waals surface area (Å²) in [6.07, 6.45) is 2.43. The van der Waals surface area contributed by atoms with Crippen molar-refractivity contribution in [3.8, 4) is 0 Å². The van der Waals surface area contributed by atoms with Crippen LogP contribution in [-0.4, -0.2) is 40.5 Å². The van der Waals surface area contributed by atoms with Gasteiger partial charge in [-0.05, 0) is 63.9 Å². The molecule has 1 aliphatic heterocycles. The van der Waals surface area contributed by atoms with E-state index in [0.717, 1.165) is 25.9 Å². The zero-order valence-corrected chi connectivity index (χ0v) is 12.9. The number of halogens is 1. The molecule has 2 rings (SSSR count). The van der Waals surface area contributed by atoms with Crippen LogP contribution in [0.2, 0.25) is 5.02 Å². The number of ketones is 1. The molecule has 4 heteroatoms. The molecular weight excluding hydrogens is 274 g/mol. The largest absolute Gasteiger partial charge is 0.390 e. The first-order chi connectivity index (χ1) is 9.39. The molecule has 0 aromatic heterocycles. The number of rotatable bonds is 3. The minimum absolute atomic E-state index is 0.114. The van der Waals surface area contributed by atoms with Crippen molar-refractivity contribution in [1.29, 1.82) is 0 Å². The Balaban J connectivity index is 2.05. The molecule has 2 unspecified atom stereocenters. The first-order valence-electron chi connectivity index (χ1n) is 7.15. The van der Waals surface area contributed by atoms with E-state index in [-0.39, 0.29) is 11.8 Å². The van der Waals surface area contributed by atoms with Crippen molar-refractivity contribution in [1.82, 2.24) is 4.90 Å². The molecule has 1 fully saturated rings. The Kier molecular flexibility index (Phi) is 4.84. The summed E-state index contributed by atoms with van der Waals surface area (Å²) >= 11 is 5.85. The van der Waals surface area contributed by atoms with Gasteiger partial charge in [-0.1, -0.05) is 11.6 Å². The highest BCUT2D eigenvalue weighted by molar-refractivity contribution is 6.30. The van der Waals surface area contributed by atoms with Crippen LogP contribution in [-0.2, 0) is 0 Å². The van der Waals surface area contributed by atoms with E-state index >= 15 is 0 Å². The fraction of sp³-hybridized carbons (Fsp3) is 0.562. The lowest BCUT2D eigenvalue weighted by Crippen LogP contribution is -2.40. The lowest BCUT2D eigenvalue weighted by Gasteiger charge is -2.27. The van der Waals surface area contributed by atoms with Gasteiger partial charge in [-0.3, -0.25) is 9.69 Å². The molecule has 1 saturated heterocycles. The summed E-state index contributed by atoms with van der Waals surface area (Å²) in [5, 5.41) is 10.8. The minimum Gasteiger partial charge on any atom is -0.390 e. The molecule has 0 aliphatic carbocycles. The second kappa shape index (κ2) is 6.25. The highest BCUT2D eigenvalue weighted by Crippen LogP contribution is 2.23. The number of carbonyl (C=O) groups is 1. The molecule has 1 N–H and O–H groups in total. The highest BCUT2D eigenvalue weighted by atomic mass is 35.5. The Bertz CT molecular complexity index is 470. The van der Waals surface area contributed by atoms with Crippen LogP contribution in [0.4, 0.5) is 0 Å². The molecule has 3 nitrogen and oxygen atoms in total. The van der Waals surface area contributed by atoms with Gasteiger partial charge in [0.05, 0.1) is 11.6 Å². The van der Waals surface area contributed by atoms with Gasteiger partial charge in [0.1, 0.15) is 0 Å². The lowest BCUT2D eigenvalue weighted by molar-refractivity contribution is 0.0427. The van der Waals surface area contributed by atoms with Crippen LogP contribution in [0.25, 0.3) is 0 Å². The van der Waals surface area contributed by atoms with Crippen molar-refractivity contribution < 1.29 is 9.90 Å². The van der Waals surface area contributed by atoms with Gasteiger partial charge >= 0.3 is 0 Å². The maximum Gasteiger partial charge on any atom is 0.179 e. The summed E-state index contributed by atoms with van der Waals surface area (Å²) in [5.41, 5.74) is 0.0931. The molecule has 0 spiro atoms. The van der Waals surface area contributed by atoms with E-state index in [1.807, 2.05) is 13.8 Å². The summed E-state index contributed by atoms with van der Waals surface area (Å²) in [4.78, 5) is 14.6. The fourth-order valence-electron chi connectivity index (χ4n) is 2.69. The molecule has 0 saturated carbocycles. The van der Waals surface area contributed by atoms with Crippen LogP contribution in [0, 0.1) is 0 Å². The number of Topliss-reactive ketones (excluding diaryl/α,β-unsaturated/α-hetero) is 1. The lowest BCUT2D eigenvalue weighted by atomic mass is 9.98. The second-order valence-electron chi connectivity index (χ2n) is 5.93. The molecule has 1 aliphatic rings. The summed E-state index contributed by atoms with van der Waals surface area (Å²) < 4.78 is 0. The molecule has 1 aromatic carbocycles. The van der Waals surface area contributed by atoms with Gasteiger partial charge in [0, 0.05) is 17.1 Å². The predicted molar refractivity (Wildman–Crippen MR) is 81.3 cm³/mol. The Morgan fingerprint density at radius 3 is 2.60 bits per heavy atom. The number of hydrogen-bond donors (Lipinski definition) is 1. The number of hydrogen-bond acceptors (Lipinski definition) is 3. The minimum atomic E-state index is -0.599. The molecule has 110 valence electrons. The van der Waals surface area contributed by atoms with E-state index < -0.39 is 5.60 Å². The Labute approximate surface area is 125 Å². The van der Waals surface area contributed by atoms with Gasteiger partial charge in [-0.15, -0.1) is 0 Å². The molecule has 1 aromatic rings. The summed E-state index contributed by atoms with van der Waals surface area (Å²) in [6.45, 7) is 5.43. The topological polar surface area (TPSA) is 40.5 Å². The first-order valence-corrected chi connectivity index (χ1v) is 7.53. The summed E-state index contributed by atoms with van der Waals surface area (Å²) in [5.74, 6) is 0.114. The SMILES string of the molecule is CC(C(=O)c1ccc(Cl)cc1)N1CCCC(C)(O)CC1. The Hall–Kier alpha value is -0.900. The van der Waals surface area contributed by atoms with E-state index in [1.54, 1.807) is 24.3 Å². The quantitative estimate of drug-likeness (QED) is 0.871. The molecule has 1 heterocycles. The van der Waals surface area contributed by atoms with E-state index in [4.69, 9.17) is 11.6 Å². The molecule has 20 heavy (non-hydrogen) atoms. The van der Waals surface area contributed by atoms with Crippen LogP contribution in [0.15, 0.2) is 24.3 Å². The first kappa shape index (κ1) is 15.5. The standard InChI is InChI=1S/C16H22ClNO2/c1-12(15(19)13-4-6-14(17)7-5-13)18-10-3-8-16(2,20)9-11-18/h4-7,12,20H,3,8-11H2,1-2H3. The van der Waals surface area contributed by atoms with Crippen LogP contribution < -0.4 is 0 Å². The van der Waals surface area contributed by atoms with Gasteiger partial charge < -0.3 is 5.11 Å². The highest BCUT2D eigenvalue weighted by Gasteiger charge is 2.29. The third-order valence-electron chi connectivity index (χ3n) is 4.15. The van der Waals surface area contributed by atoms with Gasteiger partial charge in [-0.2, -0.15) is 0 Å². The predicted octanol–water partition coefficient (Wildman–Crippen LogP) is 3.15. The zero-order valence-electron chi connectivity index (χ0n) is 12.1. The van der Waals surface area contributed by atoms with E-state index in [9.17, 15) is 9.90 Å². The van der Waals surface area contributed by atoms with Crippen molar-refractivity contribution in [2.75, 3.05) is 13.1 Å². The molecule has 2 atom stereocenters. The van der Waals surface area contributed by atoms with Crippen molar-refractivity contribution >= 4 is 17.4 Å². The zero-order chi connectivity index (χ0) is 14.8. The van der Waals surface area contributed by atoms with Crippen LogP contribution >= 0.6 is 11.6 Å². The molecule has 0 amide bonds. The molecule has 0 radical (unpaired) electrons. The number of benzene rings is 1. The molecule has 0 bridgehead atoms. The van der Waals surface area contributed by atoms with Crippen LogP contribution in [0.3, 0.4) is 0 Å². The van der Waals surface area contributed by atoms with Crippen LogP contribution in [0.1, 0.15) is 43.5 Å². The van der Waals surface area contributed by atoms with Crippen molar-refractivity contribution in [3.05, 3.63) is 34.9 Å². The Morgan fingerprint density at radius 2 is 1.95 bits per heavy atom. The average Bonchev–Trinajstić information content (AvgIpc) is 2.59. The van der Waals surface area contributed by atoms with E-state index in [2.05, 4.69) is 4.90 Å². The number of aliphatic hydroxyl groups is 1. The van der Waals surface area contributed by atoms with E-state index in [1.165, 1.54) is 0 Å². The van der Waals surface area contributed by atoms with Gasteiger partial charge in [0.15, 0.2) is 5.78 Å². The van der Waals surface area contributed by atoms with Gasteiger partial charge in [0.25, 0.3) is 0 Å². The maximum atomic E-state index is 12.5. The number of carbonyl (C=O) groups excluding carboxylic acids is 1. The second-order valence-corrected chi connectivity index (χ2v) is 6.37. The fourth-order valence-corrected chi connectivity index (χ4v) is 2.82. The summed E-state index contributed by atoms with van der Waals surface area (Å²) in [6, 6.07) is 6.87. The number of nitrogens with zero attached hydrogens (tertiary/aromatic N) is 1. The monoisotopic (exact) mass is 295 g/mol. The number of likely N-dealkylation sites (tertiary alicyclic amines) is 1. The van der Waals surface area contributed by atoms with E-state index in [0.29, 0.717) is 17.0 Å². The smallest absolute Gasteiger partial charge is 0.179 e. The molecular formula is C16H22ClNO2. The van der Waals surface area contributed by atoms with Crippen molar-refractivity contribution in [2.45, 2.75) is 44.8 Å². The summed E-state index contributed by atoms with van der Waals surface area (Å²) in [7, 11) is 0. The Morgan fingerprint density at radius 1 is 1.30 bits per heavy atom. The normalized spacial score (nSPS) is 26.0.